The lowest BCUT2D eigenvalue weighted by molar-refractivity contribution is -0.0368. The normalized spacial score (nSPS) is 20.9. The largest absolute Gasteiger partial charge is 0.356 e. The summed E-state index contributed by atoms with van der Waals surface area (Å²) in [4.78, 5) is 8.22. The van der Waals surface area contributed by atoms with Crippen LogP contribution in [-0.4, -0.2) is 26.4 Å². The number of hydrogen-bond donors (Lipinski definition) is 0. The van der Waals surface area contributed by atoms with E-state index in [1.807, 2.05) is 11.6 Å². The van der Waals surface area contributed by atoms with E-state index in [2.05, 4.69) is 15.1 Å². The fraction of sp³-hybridized carbons (Fsp3) is 0.545. The van der Waals surface area contributed by atoms with Crippen LogP contribution in [0, 0.1) is 6.92 Å². The molecule has 0 radical (unpaired) electrons. The topological polar surface area (TPSA) is 52.8 Å². The number of hydrogen-bond acceptors (Lipinski definition) is 4. The summed E-state index contributed by atoms with van der Waals surface area (Å²) in [7, 11) is 0. The molecule has 3 rings (SSSR count). The first-order valence-corrected chi connectivity index (χ1v) is 6.12. The van der Waals surface area contributed by atoms with Gasteiger partial charge in [-0.05, 0) is 37.8 Å². The molecule has 1 aliphatic heterocycles. The molecule has 0 aliphatic carbocycles. The number of ether oxygens (including phenoxy) is 1. The lowest BCUT2D eigenvalue weighted by Crippen LogP contribution is -2.19. The van der Waals surface area contributed by atoms with Crippen molar-refractivity contribution >= 4 is 22.6 Å². The van der Waals surface area contributed by atoms with Gasteiger partial charge in [-0.1, -0.05) is 0 Å². The molecule has 1 saturated heterocycles. The van der Waals surface area contributed by atoms with Gasteiger partial charge in [-0.3, -0.25) is 0 Å². The second-order valence-corrected chi connectivity index (χ2v) is 4.56. The monoisotopic (exact) mass is 252 g/mol. The van der Waals surface area contributed by atoms with E-state index in [1.165, 1.54) is 6.42 Å². The third-order valence-electron chi connectivity index (χ3n) is 3.02. The number of rotatable bonds is 1. The highest BCUT2D eigenvalue weighted by molar-refractivity contribution is 6.28. The van der Waals surface area contributed by atoms with E-state index in [4.69, 9.17) is 16.3 Å². The molecular formula is C11H13ClN4O. The van der Waals surface area contributed by atoms with Crippen LogP contribution in [0.2, 0.25) is 5.28 Å². The van der Waals surface area contributed by atoms with E-state index in [1.54, 1.807) is 6.20 Å². The van der Waals surface area contributed by atoms with Gasteiger partial charge in [0, 0.05) is 6.61 Å². The Bertz CT molecular complexity index is 548. The van der Waals surface area contributed by atoms with Crippen LogP contribution < -0.4 is 0 Å². The number of aromatic nitrogens is 4. The van der Waals surface area contributed by atoms with Crippen LogP contribution in [0.3, 0.4) is 0 Å². The van der Waals surface area contributed by atoms with Gasteiger partial charge in [0.1, 0.15) is 11.0 Å². The molecule has 1 unspecified atom stereocenters. The Hall–Kier alpha value is -1.20. The standard InChI is InChI=1S/C11H13ClN4O/c1-7-10-8(6-13-11(12)14-10)16(15-7)9-4-2-3-5-17-9/h6,9H,2-5H2,1H3. The van der Waals surface area contributed by atoms with Gasteiger partial charge in [-0.15, -0.1) is 0 Å². The van der Waals surface area contributed by atoms with Crippen molar-refractivity contribution in [1.82, 2.24) is 19.7 Å². The molecule has 17 heavy (non-hydrogen) atoms. The second kappa shape index (κ2) is 4.23. The predicted molar refractivity (Wildman–Crippen MR) is 63.9 cm³/mol. The van der Waals surface area contributed by atoms with Gasteiger partial charge >= 0.3 is 0 Å². The summed E-state index contributed by atoms with van der Waals surface area (Å²) in [5.74, 6) is 0. The van der Waals surface area contributed by atoms with E-state index < -0.39 is 0 Å². The average Bonchev–Trinajstić information content (AvgIpc) is 2.68. The number of aryl methyl sites for hydroxylation is 1. The Labute approximate surface area is 104 Å². The first-order valence-electron chi connectivity index (χ1n) is 5.74. The molecule has 0 saturated carbocycles. The van der Waals surface area contributed by atoms with Crippen LogP contribution >= 0.6 is 11.6 Å². The lowest BCUT2D eigenvalue weighted by Gasteiger charge is -2.23. The van der Waals surface area contributed by atoms with Crippen molar-refractivity contribution in [3.05, 3.63) is 17.2 Å². The van der Waals surface area contributed by atoms with E-state index in [9.17, 15) is 0 Å². The molecule has 0 amide bonds. The molecular weight excluding hydrogens is 240 g/mol. The van der Waals surface area contributed by atoms with Gasteiger partial charge < -0.3 is 4.74 Å². The van der Waals surface area contributed by atoms with Gasteiger partial charge in [0.15, 0.2) is 6.23 Å². The Balaban J connectivity index is 2.10. The summed E-state index contributed by atoms with van der Waals surface area (Å²) in [6, 6.07) is 0. The Morgan fingerprint density at radius 1 is 1.47 bits per heavy atom. The molecule has 1 aliphatic rings. The molecule has 0 aromatic carbocycles. The molecule has 6 heteroatoms. The molecule has 2 aromatic heterocycles. The maximum atomic E-state index is 5.80. The van der Waals surface area contributed by atoms with Crippen LogP contribution in [0.4, 0.5) is 0 Å². The maximum Gasteiger partial charge on any atom is 0.223 e. The zero-order valence-corrected chi connectivity index (χ0v) is 10.3. The van der Waals surface area contributed by atoms with E-state index in [-0.39, 0.29) is 11.5 Å². The van der Waals surface area contributed by atoms with E-state index >= 15 is 0 Å². The van der Waals surface area contributed by atoms with Crippen molar-refractivity contribution < 1.29 is 4.74 Å². The van der Waals surface area contributed by atoms with Crippen LogP contribution in [0.15, 0.2) is 6.20 Å². The highest BCUT2D eigenvalue weighted by Gasteiger charge is 2.20. The Morgan fingerprint density at radius 2 is 2.35 bits per heavy atom. The average molecular weight is 253 g/mol. The summed E-state index contributed by atoms with van der Waals surface area (Å²) in [5.41, 5.74) is 2.55. The minimum atomic E-state index is 0.00438. The van der Waals surface area contributed by atoms with Crippen molar-refractivity contribution in [3.8, 4) is 0 Å². The van der Waals surface area contributed by atoms with Crippen molar-refractivity contribution in [2.24, 2.45) is 0 Å². The van der Waals surface area contributed by atoms with Gasteiger partial charge in [0.2, 0.25) is 5.28 Å². The third-order valence-corrected chi connectivity index (χ3v) is 3.20. The maximum absolute atomic E-state index is 5.80. The summed E-state index contributed by atoms with van der Waals surface area (Å²) in [6.45, 7) is 2.71. The minimum absolute atomic E-state index is 0.00438. The molecule has 5 nitrogen and oxygen atoms in total. The summed E-state index contributed by atoms with van der Waals surface area (Å²) < 4.78 is 7.60. The molecule has 3 heterocycles. The SMILES string of the molecule is Cc1nn(C2CCCCO2)c2cnc(Cl)nc12. The minimum Gasteiger partial charge on any atom is -0.356 e. The Morgan fingerprint density at radius 3 is 3.12 bits per heavy atom. The summed E-state index contributed by atoms with van der Waals surface area (Å²) in [5, 5.41) is 4.74. The lowest BCUT2D eigenvalue weighted by atomic mass is 10.2. The van der Waals surface area contributed by atoms with Gasteiger partial charge in [-0.2, -0.15) is 5.10 Å². The van der Waals surface area contributed by atoms with Crippen molar-refractivity contribution in [1.29, 1.82) is 0 Å². The first kappa shape index (κ1) is 10.9. The van der Waals surface area contributed by atoms with Gasteiger partial charge in [-0.25, -0.2) is 14.6 Å². The van der Waals surface area contributed by atoms with Crippen LogP contribution in [-0.2, 0) is 4.74 Å². The highest BCUT2D eigenvalue weighted by atomic mass is 35.5. The van der Waals surface area contributed by atoms with Crippen LogP contribution in [0.25, 0.3) is 11.0 Å². The number of fused-ring (bicyclic) bond motifs is 1. The fourth-order valence-corrected chi connectivity index (χ4v) is 2.32. The molecule has 0 spiro atoms. The first-order chi connectivity index (χ1) is 8.25. The smallest absolute Gasteiger partial charge is 0.223 e. The van der Waals surface area contributed by atoms with Crippen molar-refractivity contribution in [2.75, 3.05) is 6.61 Å². The molecule has 2 aromatic rings. The fourth-order valence-electron chi connectivity index (χ4n) is 2.19. The highest BCUT2D eigenvalue weighted by Crippen LogP contribution is 2.26. The van der Waals surface area contributed by atoms with Crippen LogP contribution in [0.5, 0.6) is 0 Å². The molecule has 0 bridgehead atoms. The quantitative estimate of drug-likeness (QED) is 0.732. The zero-order valence-electron chi connectivity index (χ0n) is 9.56. The van der Waals surface area contributed by atoms with Crippen molar-refractivity contribution in [2.45, 2.75) is 32.4 Å². The second-order valence-electron chi connectivity index (χ2n) is 4.22. The van der Waals surface area contributed by atoms with E-state index in [0.717, 1.165) is 36.2 Å². The summed E-state index contributed by atoms with van der Waals surface area (Å²) >= 11 is 5.80. The molecule has 90 valence electrons. The molecule has 0 N–H and O–H groups in total. The zero-order chi connectivity index (χ0) is 11.8. The predicted octanol–water partition coefficient (Wildman–Crippen LogP) is 2.49. The number of halogens is 1. The molecule has 1 fully saturated rings. The third kappa shape index (κ3) is 1.89. The van der Waals surface area contributed by atoms with Crippen LogP contribution in [0.1, 0.15) is 31.2 Å². The number of nitrogens with zero attached hydrogens (tertiary/aromatic N) is 4. The van der Waals surface area contributed by atoms with E-state index in [0.29, 0.717) is 0 Å². The molecule has 1 atom stereocenters. The van der Waals surface area contributed by atoms with Gasteiger partial charge in [0.05, 0.1) is 11.9 Å². The van der Waals surface area contributed by atoms with Crippen molar-refractivity contribution in [3.63, 3.8) is 0 Å². The van der Waals surface area contributed by atoms with Gasteiger partial charge in [0.25, 0.3) is 0 Å². The Kier molecular flexibility index (Phi) is 2.72. The summed E-state index contributed by atoms with van der Waals surface area (Å²) in [6.07, 6.45) is 4.99.